The first-order chi connectivity index (χ1) is 7.58. The van der Waals surface area contributed by atoms with Crippen LogP contribution in [-0.4, -0.2) is 29.1 Å². The molecule has 2 unspecified atom stereocenters. The van der Waals surface area contributed by atoms with Gasteiger partial charge in [-0.25, -0.2) is 9.78 Å². The average molecular weight is 240 g/mol. The largest absolute Gasteiger partial charge is 0.477 e. The van der Waals surface area contributed by atoms with Gasteiger partial charge in [-0.1, -0.05) is 25.2 Å². The number of hydrogen-bond donors (Lipinski definition) is 1. The van der Waals surface area contributed by atoms with Crippen LogP contribution in [0.3, 0.4) is 0 Å². The molecule has 0 amide bonds. The molecule has 2 heterocycles. The molecule has 4 nitrogen and oxygen atoms in total. The standard InChI is InChI=1S/C11H16N2O2S/c1-7-3-4-13(6-8(7)2)11-12-5-9(16-11)10(14)15/h5,7-8H,3-4,6H2,1-2H3,(H,14,15). The summed E-state index contributed by atoms with van der Waals surface area (Å²) in [7, 11) is 0. The molecule has 1 N–H and O–H groups in total. The van der Waals surface area contributed by atoms with Crippen LogP contribution in [-0.2, 0) is 0 Å². The highest BCUT2D eigenvalue weighted by molar-refractivity contribution is 7.17. The number of piperidine rings is 1. The van der Waals surface area contributed by atoms with E-state index in [9.17, 15) is 4.79 Å². The Balaban J connectivity index is 2.09. The summed E-state index contributed by atoms with van der Waals surface area (Å²) < 4.78 is 0. The first kappa shape index (κ1) is 11.4. The summed E-state index contributed by atoms with van der Waals surface area (Å²) in [6.07, 6.45) is 2.61. The molecule has 2 rings (SSSR count). The predicted molar refractivity (Wildman–Crippen MR) is 64.2 cm³/mol. The number of thiazole rings is 1. The van der Waals surface area contributed by atoms with Crippen molar-refractivity contribution >= 4 is 22.4 Å². The second-order valence-electron chi connectivity index (χ2n) is 4.50. The van der Waals surface area contributed by atoms with Crippen LogP contribution in [0.2, 0.25) is 0 Å². The molecule has 1 aromatic heterocycles. The summed E-state index contributed by atoms with van der Waals surface area (Å²) in [6.45, 7) is 6.47. The molecule has 1 fully saturated rings. The molecular weight excluding hydrogens is 224 g/mol. The number of carbonyl (C=O) groups is 1. The van der Waals surface area contributed by atoms with Crippen LogP contribution in [0.15, 0.2) is 6.20 Å². The maximum absolute atomic E-state index is 10.8. The van der Waals surface area contributed by atoms with Crippen molar-refractivity contribution in [2.75, 3.05) is 18.0 Å². The highest BCUT2D eigenvalue weighted by Gasteiger charge is 2.24. The third-order valence-corrected chi connectivity index (χ3v) is 4.36. The molecule has 0 radical (unpaired) electrons. The Bertz CT molecular complexity index is 391. The molecule has 0 spiro atoms. The number of aromatic carboxylic acids is 1. The molecule has 1 aliphatic rings. The quantitative estimate of drug-likeness (QED) is 0.862. The maximum atomic E-state index is 10.8. The Kier molecular flexibility index (Phi) is 3.14. The zero-order chi connectivity index (χ0) is 11.7. The smallest absolute Gasteiger partial charge is 0.347 e. The molecule has 0 aliphatic carbocycles. The molecule has 2 atom stereocenters. The first-order valence-electron chi connectivity index (χ1n) is 5.52. The van der Waals surface area contributed by atoms with Crippen LogP contribution in [0.25, 0.3) is 0 Å². The van der Waals surface area contributed by atoms with E-state index in [-0.39, 0.29) is 0 Å². The van der Waals surface area contributed by atoms with E-state index in [2.05, 4.69) is 23.7 Å². The number of rotatable bonds is 2. The normalized spacial score (nSPS) is 25.8. The molecule has 16 heavy (non-hydrogen) atoms. The number of carboxylic acid groups (broad SMARTS) is 1. The minimum absolute atomic E-state index is 0.321. The Morgan fingerprint density at radius 1 is 1.56 bits per heavy atom. The average Bonchev–Trinajstić information content (AvgIpc) is 2.71. The third-order valence-electron chi connectivity index (χ3n) is 3.31. The second kappa shape index (κ2) is 4.41. The zero-order valence-corrected chi connectivity index (χ0v) is 10.3. The van der Waals surface area contributed by atoms with Crippen molar-refractivity contribution in [1.82, 2.24) is 4.98 Å². The van der Waals surface area contributed by atoms with Crippen molar-refractivity contribution in [1.29, 1.82) is 0 Å². The van der Waals surface area contributed by atoms with Crippen molar-refractivity contribution in [2.45, 2.75) is 20.3 Å². The van der Waals surface area contributed by atoms with Crippen LogP contribution in [0.1, 0.15) is 29.9 Å². The molecule has 1 aliphatic heterocycles. The van der Waals surface area contributed by atoms with Gasteiger partial charge in [0, 0.05) is 13.1 Å². The number of aromatic nitrogens is 1. The maximum Gasteiger partial charge on any atom is 0.347 e. The number of carboxylic acids is 1. The molecular formula is C11H16N2O2S. The van der Waals surface area contributed by atoms with Gasteiger partial charge < -0.3 is 10.0 Å². The van der Waals surface area contributed by atoms with Crippen molar-refractivity contribution in [3.63, 3.8) is 0 Å². The first-order valence-corrected chi connectivity index (χ1v) is 6.33. The monoisotopic (exact) mass is 240 g/mol. The highest BCUT2D eigenvalue weighted by Crippen LogP contribution is 2.29. The summed E-state index contributed by atoms with van der Waals surface area (Å²) in [5, 5.41) is 9.69. The van der Waals surface area contributed by atoms with Gasteiger partial charge in [0.15, 0.2) is 5.13 Å². The number of hydrogen-bond acceptors (Lipinski definition) is 4. The number of anilines is 1. The van der Waals surface area contributed by atoms with Gasteiger partial charge in [0.2, 0.25) is 0 Å². The van der Waals surface area contributed by atoms with Gasteiger partial charge >= 0.3 is 5.97 Å². The second-order valence-corrected chi connectivity index (χ2v) is 5.51. The van der Waals surface area contributed by atoms with Gasteiger partial charge in [0.1, 0.15) is 4.88 Å². The fourth-order valence-electron chi connectivity index (χ4n) is 1.95. The molecule has 1 saturated heterocycles. The van der Waals surface area contributed by atoms with Gasteiger partial charge in [-0.2, -0.15) is 0 Å². The fourth-order valence-corrected chi connectivity index (χ4v) is 2.74. The van der Waals surface area contributed by atoms with E-state index in [4.69, 9.17) is 5.11 Å². The van der Waals surface area contributed by atoms with E-state index in [0.29, 0.717) is 10.8 Å². The van der Waals surface area contributed by atoms with Crippen LogP contribution in [0, 0.1) is 11.8 Å². The van der Waals surface area contributed by atoms with E-state index in [1.165, 1.54) is 17.5 Å². The van der Waals surface area contributed by atoms with Crippen LogP contribution in [0.5, 0.6) is 0 Å². The van der Waals surface area contributed by atoms with E-state index >= 15 is 0 Å². The Morgan fingerprint density at radius 2 is 2.31 bits per heavy atom. The Labute approximate surface area is 98.9 Å². The lowest BCUT2D eigenvalue weighted by molar-refractivity contribution is 0.0702. The van der Waals surface area contributed by atoms with Crippen molar-refractivity contribution < 1.29 is 9.90 Å². The summed E-state index contributed by atoms with van der Waals surface area (Å²) in [6, 6.07) is 0. The summed E-state index contributed by atoms with van der Waals surface area (Å²) in [5.74, 6) is 0.503. The van der Waals surface area contributed by atoms with Crippen LogP contribution >= 0.6 is 11.3 Å². The topological polar surface area (TPSA) is 53.4 Å². The van der Waals surface area contributed by atoms with Crippen LogP contribution < -0.4 is 4.90 Å². The van der Waals surface area contributed by atoms with Crippen molar-refractivity contribution in [2.24, 2.45) is 11.8 Å². The Morgan fingerprint density at radius 3 is 2.88 bits per heavy atom. The molecule has 88 valence electrons. The number of nitrogens with zero attached hydrogens (tertiary/aromatic N) is 2. The summed E-state index contributed by atoms with van der Waals surface area (Å²) in [4.78, 5) is 17.5. The molecule has 1 aromatic rings. The lowest BCUT2D eigenvalue weighted by Crippen LogP contribution is -2.38. The molecule has 5 heteroatoms. The minimum Gasteiger partial charge on any atom is -0.477 e. The summed E-state index contributed by atoms with van der Waals surface area (Å²) in [5.41, 5.74) is 0. The fraction of sp³-hybridized carbons (Fsp3) is 0.636. The van der Waals surface area contributed by atoms with Gasteiger partial charge in [-0.05, 0) is 18.3 Å². The SMILES string of the molecule is CC1CCN(c2ncc(C(=O)O)s2)CC1C. The van der Waals surface area contributed by atoms with E-state index in [1.54, 1.807) is 0 Å². The van der Waals surface area contributed by atoms with E-state index < -0.39 is 5.97 Å². The van der Waals surface area contributed by atoms with Crippen molar-refractivity contribution in [3.8, 4) is 0 Å². The van der Waals surface area contributed by atoms with Gasteiger partial charge in [-0.15, -0.1) is 0 Å². The van der Waals surface area contributed by atoms with Gasteiger partial charge in [-0.3, -0.25) is 0 Å². The third kappa shape index (κ3) is 2.19. The highest BCUT2D eigenvalue weighted by atomic mass is 32.1. The lowest BCUT2D eigenvalue weighted by Gasteiger charge is -2.35. The predicted octanol–water partition coefficient (Wildman–Crippen LogP) is 2.32. The minimum atomic E-state index is -0.887. The van der Waals surface area contributed by atoms with E-state index in [1.807, 2.05) is 0 Å². The summed E-state index contributed by atoms with van der Waals surface area (Å²) >= 11 is 1.27. The van der Waals surface area contributed by atoms with Crippen LogP contribution in [0.4, 0.5) is 5.13 Å². The van der Waals surface area contributed by atoms with E-state index in [0.717, 1.165) is 30.6 Å². The van der Waals surface area contributed by atoms with Gasteiger partial charge in [0.05, 0.1) is 6.20 Å². The van der Waals surface area contributed by atoms with Crippen molar-refractivity contribution in [3.05, 3.63) is 11.1 Å². The Hall–Kier alpha value is -1.10. The molecule has 0 aromatic carbocycles. The molecule has 0 bridgehead atoms. The zero-order valence-electron chi connectivity index (χ0n) is 9.51. The lowest BCUT2D eigenvalue weighted by atomic mass is 9.89. The van der Waals surface area contributed by atoms with Gasteiger partial charge in [0.25, 0.3) is 0 Å². The molecule has 0 saturated carbocycles.